The van der Waals surface area contributed by atoms with E-state index in [4.69, 9.17) is 5.11 Å². The first-order valence-electron chi connectivity index (χ1n) is 5.92. The third kappa shape index (κ3) is 1.97. The normalized spacial score (nSPS) is 10.8. The molecule has 0 bridgehead atoms. The van der Waals surface area contributed by atoms with Crippen LogP contribution in [0.1, 0.15) is 15.9 Å². The fraction of sp³-hybridized carbons (Fsp3) is 0.0667. The van der Waals surface area contributed by atoms with E-state index in [9.17, 15) is 4.79 Å². The van der Waals surface area contributed by atoms with Crippen LogP contribution in [0.2, 0.25) is 0 Å². The topological polar surface area (TPSA) is 54.6 Å². The van der Waals surface area contributed by atoms with Gasteiger partial charge < -0.3 is 9.51 Å². The first-order chi connectivity index (χ1) is 9.15. The predicted molar refractivity (Wildman–Crippen MR) is 72.3 cm³/mol. The first kappa shape index (κ1) is 11.5. The molecule has 19 heavy (non-hydrogen) atoms. The summed E-state index contributed by atoms with van der Waals surface area (Å²) in [5, 5.41) is 9.16. The Morgan fingerprint density at radius 3 is 2.68 bits per heavy atom. The number of aromatic nitrogens is 2. The van der Waals surface area contributed by atoms with E-state index in [0.29, 0.717) is 0 Å². The maximum Gasteiger partial charge on any atom is 0.337 e. The molecule has 0 aliphatic heterocycles. The molecule has 94 valence electrons. The summed E-state index contributed by atoms with van der Waals surface area (Å²) in [6, 6.07) is 9.62. The van der Waals surface area contributed by atoms with Crippen molar-refractivity contribution < 1.29 is 9.90 Å². The van der Waals surface area contributed by atoms with Crippen LogP contribution in [0.15, 0.2) is 48.9 Å². The zero-order chi connectivity index (χ0) is 13.4. The number of rotatable bonds is 2. The van der Waals surface area contributed by atoms with Gasteiger partial charge in [-0.25, -0.2) is 9.78 Å². The van der Waals surface area contributed by atoms with Gasteiger partial charge >= 0.3 is 5.97 Å². The molecule has 0 unspecified atom stereocenters. The lowest BCUT2D eigenvalue weighted by Crippen LogP contribution is -2.00. The summed E-state index contributed by atoms with van der Waals surface area (Å²) in [4.78, 5) is 15.5. The lowest BCUT2D eigenvalue weighted by atomic mass is 10.0. The molecule has 1 aromatic carbocycles. The zero-order valence-corrected chi connectivity index (χ0v) is 10.4. The van der Waals surface area contributed by atoms with Crippen LogP contribution in [0.4, 0.5) is 0 Å². The summed E-state index contributed by atoms with van der Waals surface area (Å²) in [5.74, 6) is -0.941. The van der Waals surface area contributed by atoms with Crippen LogP contribution in [-0.4, -0.2) is 20.5 Å². The monoisotopic (exact) mass is 252 g/mol. The number of carboxylic acids is 1. The van der Waals surface area contributed by atoms with Gasteiger partial charge in [0, 0.05) is 24.2 Å². The summed E-state index contributed by atoms with van der Waals surface area (Å²) in [7, 11) is 0. The number of imidazole rings is 1. The maximum absolute atomic E-state index is 11.2. The summed E-state index contributed by atoms with van der Waals surface area (Å²) >= 11 is 0. The number of fused-ring (bicyclic) bond motifs is 1. The molecule has 0 fully saturated rings. The Hall–Kier alpha value is -2.62. The molecule has 3 rings (SSSR count). The summed E-state index contributed by atoms with van der Waals surface area (Å²) in [6.07, 6.45) is 4.99. The third-order valence-electron chi connectivity index (χ3n) is 3.10. The molecule has 1 N–H and O–H groups in total. The number of pyridine rings is 1. The van der Waals surface area contributed by atoms with Gasteiger partial charge in [0.05, 0.1) is 5.56 Å². The number of carbonyl (C=O) groups is 1. The second-order valence-electron chi connectivity index (χ2n) is 4.47. The van der Waals surface area contributed by atoms with E-state index in [1.54, 1.807) is 29.1 Å². The van der Waals surface area contributed by atoms with Crippen LogP contribution < -0.4 is 0 Å². The number of aryl methyl sites for hydroxylation is 1. The van der Waals surface area contributed by atoms with Crippen molar-refractivity contribution in [2.24, 2.45) is 0 Å². The van der Waals surface area contributed by atoms with Crippen molar-refractivity contribution in [1.29, 1.82) is 0 Å². The van der Waals surface area contributed by atoms with Gasteiger partial charge in [-0.15, -0.1) is 0 Å². The molecule has 3 aromatic rings. The van der Waals surface area contributed by atoms with E-state index in [-0.39, 0.29) is 5.56 Å². The average molecular weight is 252 g/mol. The van der Waals surface area contributed by atoms with Gasteiger partial charge in [0.25, 0.3) is 0 Å². The Balaban J connectivity index is 2.29. The minimum Gasteiger partial charge on any atom is -0.478 e. The SMILES string of the molecule is Cc1ccc(-c2cc(C(=O)O)cn3ccnc23)cc1. The highest BCUT2D eigenvalue weighted by molar-refractivity contribution is 5.91. The van der Waals surface area contributed by atoms with Crippen molar-refractivity contribution >= 4 is 11.6 Å². The van der Waals surface area contributed by atoms with Crippen molar-refractivity contribution in [2.75, 3.05) is 0 Å². The highest BCUT2D eigenvalue weighted by atomic mass is 16.4. The summed E-state index contributed by atoms with van der Waals surface area (Å²) < 4.78 is 1.73. The standard InChI is InChI=1S/C15H12N2O2/c1-10-2-4-11(5-3-10)13-8-12(15(18)19)9-17-7-6-16-14(13)17/h2-9H,1H3,(H,18,19). The number of hydrogen-bond acceptors (Lipinski definition) is 2. The minimum absolute atomic E-state index is 0.251. The van der Waals surface area contributed by atoms with Gasteiger partial charge in [-0.2, -0.15) is 0 Å². The number of benzene rings is 1. The molecule has 2 aromatic heterocycles. The molecule has 0 spiro atoms. The van der Waals surface area contributed by atoms with E-state index >= 15 is 0 Å². The molecule has 4 heteroatoms. The van der Waals surface area contributed by atoms with Gasteiger partial charge in [0.2, 0.25) is 0 Å². The lowest BCUT2D eigenvalue weighted by molar-refractivity contribution is 0.0696. The molecule has 0 amide bonds. The van der Waals surface area contributed by atoms with Crippen LogP contribution in [0, 0.1) is 6.92 Å². The van der Waals surface area contributed by atoms with E-state index in [0.717, 1.165) is 22.3 Å². The first-order valence-corrected chi connectivity index (χ1v) is 5.92. The van der Waals surface area contributed by atoms with Gasteiger partial charge in [-0.3, -0.25) is 0 Å². The highest BCUT2D eigenvalue weighted by Gasteiger charge is 2.11. The molecular weight excluding hydrogens is 240 g/mol. The summed E-state index contributed by atoms with van der Waals surface area (Å²) in [5.41, 5.74) is 3.96. The number of carboxylic acid groups (broad SMARTS) is 1. The van der Waals surface area contributed by atoms with E-state index in [2.05, 4.69) is 4.98 Å². The molecule has 0 aliphatic rings. The van der Waals surface area contributed by atoms with Gasteiger partial charge in [-0.1, -0.05) is 29.8 Å². The quantitative estimate of drug-likeness (QED) is 0.762. The molecular formula is C15H12N2O2. The highest BCUT2D eigenvalue weighted by Crippen LogP contribution is 2.25. The number of nitrogens with zero attached hydrogens (tertiary/aromatic N) is 2. The van der Waals surface area contributed by atoms with Crippen LogP contribution in [-0.2, 0) is 0 Å². The fourth-order valence-electron chi connectivity index (χ4n) is 2.10. The third-order valence-corrected chi connectivity index (χ3v) is 3.10. The van der Waals surface area contributed by atoms with Crippen LogP contribution >= 0.6 is 0 Å². The van der Waals surface area contributed by atoms with Crippen molar-refractivity contribution in [3.8, 4) is 11.1 Å². The van der Waals surface area contributed by atoms with Crippen molar-refractivity contribution in [2.45, 2.75) is 6.92 Å². The average Bonchev–Trinajstić information content (AvgIpc) is 2.86. The van der Waals surface area contributed by atoms with Crippen LogP contribution in [0.25, 0.3) is 16.8 Å². The maximum atomic E-state index is 11.2. The molecule has 0 saturated heterocycles. The second kappa shape index (κ2) is 4.24. The van der Waals surface area contributed by atoms with Gasteiger partial charge in [0.1, 0.15) is 5.65 Å². The van der Waals surface area contributed by atoms with Crippen molar-refractivity contribution in [1.82, 2.24) is 9.38 Å². The van der Waals surface area contributed by atoms with E-state index < -0.39 is 5.97 Å². The van der Waals surface area contributed by atoms with Gasteiger partial charge in [0.15, 0.2) is 0 Å². The zero-order valence-electron chi connectivity index (χ0n) is 10.4. The van der Waals surface area contributed by atoms with E-state index in [1.807, 2.05) is 31.2 Å². The van der Waals surface area contributed by atoms with Crippen LogP contribution in [0.5, 0.6) is 0 Å². The Morgan fingerprint density at radius 2 is 2.00 bits per heavy atom. The molecule has 0 saturated carbocycles. The number of aromatic carboxylic acids is 1. The Morgan fingerprint density at radius 1 is 1.26 bits per heavy atom. The van der Waals surface area contributed by atoms with Gasteiger partial charge in [-0.05, 0) is 18.6 Å². The smallest absolute Gasteiger partial charge is 0.337 e. The fourth-order valence-corrected chi connectivity index (χ4v) is 2.10. The van der Waals surface area contributed by atoms with Crippen molar-refractivity contribution in [3.63, 3.8) is 0 Å². The van der Waals surface area contributed by atoms with Crippen molar-refractivity contribution in [3.05, 3.63) is 60.0 Å². The predicted octanol–water partition coefficient (Wildman–Crippen LogP) is 3.01. The second-order valence-corrected chi connectivity index (χ2v) is 4.47. The molecule has 0 atom stereocenters. The largest absolute Gasteiger partial charge is 0.478 e. The molecule has 4 nitrogen and oxygen atoms in total. The minimum atomic E-state index is -0.941. The Kier molecular flexibility index (Phi) is 2.56. The van der Waals surface area contributed by atoms with E-state index in [1.165, 1.54) is 0 Å². The molecule has 0 aliphatic carbocycles. The molecule has 0 radical (unpaired) electrons. The Labute approximate surface area is 110 Å². The Bertz CT molecular complexity index is 757. The molecule has 2 heterocycles. The number of hydrogen-bond donors (Lipinski definition) is 1. The van der Waals surface area contributed by atoms with Crippen LogP contribution in [0.3, 0.4) is 0 Å². The summed E-state index contributed by atoms with van der Waals surface area (Å²) in [6.45, 7) is 2.02. The lowest BCUT2D eigenvalue weighted by Gasteiger charge is -2.06.